The van der Waals surface area contributed by atoms with E-state index in [1.807, 2.05) is 0 Å². The average Bonchev–Trinajstić information content (AvgIpc) is 3.51. The number of hydrogen-bond acceptors (Lipinski definition) is 9. The Bertz CT molecular complexity index is 1050. The monoisotopic (exact) mass is 548 g/mol. The Kier molecular flexibility index (Phi) is 6.16. The normalized spacial score (nSPS) is 58.0. The lowest BCUT2D eigenvalue weighted by molar-refractivity contribution is -0.313. The van der Waals surface area contributed by atoms with Gasteiger partial charge < -0.3 is 39.0 Å². The van der Waals surface area contributed by atoms with Gasteiger partial charge in [-0.25, -0.2) is 4.79 Å². The minimum absolute atomic E-state index is 0.00192. The lowest BCUT2D eigenvalue weighted by Crippen LogP contribution is -2.65. The van der Waals surface area contributed by atoms with Gasteiger partial charge in [0.25, 0.3) is 0 Å². The summed E-state index contributed by atoms with van der Waals surface area (Å²) in [5.41, 5.74) is -0.169. The highest BCUT2D eigenvalue weighted by Gasteiger charge is 2.79. The lowest BCUT2D eigenvalue weighted by Gasteiger charge is -2.62. The molecule has 0 aromatic heterocycles. The van der Waals surface area contributed by atoms with E-state index in [2.05, 4.69) is 13.8 Å². The predicted octanol–water partition coefficient (Wildman–Crippen LogP) is 2.10. The first-order chi connectivity index (χ1) is 18.5. The molecule has 0 spiro atoms. The number of epoxide rings is 1. The van der Waals surface area contributed by atoms with Crippen molar-refractivity contribution >= 4 is 5.97 Å². The van der Waals surface area contributed by atoms with Crippen LogP contribution in [0.4, 0.5) is 0 Å². The van der Waals surface area contributed by atoms with Crippen molar-refractivity contribution in [2.45, 2.75) is 120 Å². The van der Waals surface area contributed by atoms with E-state index >= 15 is 0 Å². The number of esters is 1. The predicted molar refractivity (Wildman–Crippen MR) is 137 cm³/mol. The van der Waals surface area contributed by atoms with Gasteiger partial charge in [-0.1, -0.05) is 13.8 Å². The summed E-state index contributed by atoms with van der Waals surface area (Å²) in [6.07, 6.45) is 3.98. The molecule has 0 aromatic carbocycles. The molecule has 218 valence electrons. The molecule has 4 saturated carbocycles. The molecule has 7 rings (SSSR count). The summed E-state index contributed by atoms with van der Waals surface area (Å²) >= 11 is 0. The Morgan fingerprint density at radius 1 is 1.05 bits per heavy atom. The van der Waals surface area contributed by atoms with E-state index in [1.165, 1.54) is 7.11 Å². The van der Waals surface area contributed by atoms with E-state index in [-0.39, 0.29) is 41.5 Å². The molecule has 7 aliphatic rings. The van der Waals surface area contributed by atoms with Crippen molar-refractivity contribution in [3.63, 3.8) is 0 Å². The fourth-order valence-electron chi connectivity index (χ4n) is 10.4. The Hall–Kier alpha value is -1.07. The summed E-state index contributed by atoms with van der Waals surface area (Å²) in [5.74, 6) is 0.727. The molecular formula is C30H44O9. The third kappa shape index (κ3) is 3.60. The number of aliphatic hydroxyl groups excluding tert-OH is 2. The van der Waals surface area contributed by atoms with Crippen LogP contribution >= 0.6 is 0 Å². The van der Waals surface area contributed by atoms with Crippen LogP contribution in [0.1, 0.15) is 65.7 Å². The van der Waals surface area contributed by atoms with Crippen LogP contribution in [-0.2, 0) is 28.5 Å². The van der Waals surface area contributed by atoms with Crippen LogP contribution in [0.15, 0.2) is 11.6 Å². The molecule has 2 saturated heterocycles. The molecule has 0 aromatic rings. The molecule has 9 heteroatoms. The molecule has 0 radical (unpaired) electrons. The fourth-order valence-corrected chi connectivity index (χ4v) is 10.4. The minimum atomic E-state index is -1.05. The number of cyclic esters (lactones) is 1. The van der Waals surface area contributed by atoms with Crippen molar-refractivity contribution in [1.29, 1.82) is 0 Å². The highest BCUT2D eigenvalue weighted by molar-refractivity contribution is 5.85. The molecule has 0 bridgehead atoms. The average molecular weight is 549 g/mol. The van der Waals surface area contributed by atoms with Crippen molar-refractivity contribution < 1.29 is 43.8 Å². The molecule has 4 aliphatic carbocycles. The smallest absolute Gasteiger partial charge is 0.331 e. The molecule has 3 N–H and O–H groups in total. The standard InChI is InChI=1S/C30H44O9/c1-14-22(32)25(35-4)23(33)27(37-14)38-17-7-9-28(2)16(12-17)5-6-19-21(28)24-26(39-24)29(3)18(8-10-30(19,29)34)15-11-20(31)36-13-15/h11,14,16-19,21-27,32-34H,5-10,12-13H2,1-4H3/t14-,16+,17+,18-,19+,21+,22-,23+,24-,25+,26-,27+,28-,29-,30-/m0/s1. The maximum atomic E-state index is 12.5. The molecular weight excluding hydrogens is 504 g/mol. The summed E-state index contributed by atoms with van der Waals surface area (Å²) in [7, 11) is 1.48. The Morgan fingerprint density at radius 3 is 2.56 bits per heavy atom. The molecule has 3 heterocycles. The third-order valence-corrected chi connectivity index (χ3v) is 12.6. The van der Waals surface area contributed by atoms with Crippen LogP contribution in [0.25, 0.3) is 0 Å². The van der Waals surface area contributed by atoms with E-state index in [4.69, 9.17) is 23.7 Å². The zero-order valence-electron chi connectivity index (χ0n) is 23.5. The van der Waals surface area contributed by atoms with E-state index in [0.29, 0.717) is 18.4 Å². The first-order valence-corrected chi connectivity index (χ1v) is 15.0. The van der Waals surface area contributed by atoms with Crippen molar-refractivity contribution in [2.24, 2.45) is 34.5 Å². The number of methoxy groups -OCH3 is 1. The highest BCUT2D eigenvalue weighted by atomic mass is 16.7. The molecule has 15 atom stereocenters. The van der Waals surface area contributed by atoms with Gasteiger partial charge in [0.1, 0.15) is 24.9 Å². The van der Waals surface area contributed by atoms with Gasteiger partial charge >= 0.3 is 5.97 Å². The second-order valence-electron chi connectivity index (χ2n) is 14.0. The number of rotatable bonds is 4. The summed E-state index contributed by atoms with van der Waals surface area (Å²) in [4.78, 5) is 11.9. The summed E-state index contributed by atoms with van der Waals surface area (Å²) in [6.45, 7) is 6.71. The van der Waals surface area contributed by atoms with E-state index < -0.39 is 41.7 Å². The van der Waals surface area contributed by atoms with Gasteiger partial charge in [-0.3, -0.25) is 0 Å². The largest absolute Gasteiger partial charge is 0.458 e. The summed E-state index contributed by atoms with van der Waals surface area (Å²) < 4.78 is 29.4. The molecule has 6 fully saturated rings. The zero-order chi connectivity index (χ0) is 27.5. The summed E-state index contributed by atoms with van der Waals surface area (Å²) in [6, 6.07) is 0. The molecule has 0 unspecified atom stereocenters. The maximum absolute atomic E-state index is 12.5. The quantitative estimate of drug-likeness (QED) is 0.275. The number of hydrogen-bond donors (Lipinski definition) is 3. The van der Waals surface area contributed by atoms with Gasteiger partial charge in [0.05, 0.1) is 30.0 Å². The van der Waals surface area contributed by atoms with Crippen molar-refractivity contribution in [3.05, 3.63) is 11.6 Å². The highest BCUT2D eigenvalue weighted by Crippen LogP contribution is 2.74. The lowest BCUT2D eigenvalue weighted by atomic mass is 9.43. The number of carbonyl (C=O) groups excluding carboxylic acids is 1. The fraction of sp³-hybridized carbons (Fsp3) is 0.900. The zero-order valence-corrected chi connectivity index (χ0v) is 23.5. The van der Waals surface area contributed by atoms with Crippen LogP contribution in [0, 0.1) is 34.5 Å². The van der Waals surface area contributed by atoms with Gasteiger partial charge in [0.2, 0.25) is 0 Å². The molecule has 3 aliphatic heterocycles. The molecule has 0 amide bonds. The third-order valence-electron chi connectivity index (χ3n) is 12.6. The van der Waals surface area contributed by atoms with Crippen LogP contribution < -0.4 is 0 Å². The Labute approximate surface area is 230 Å². The number of carbonyl (C=O) groups is 1. The van der Waals surface area contributed by atoms with Crippen molar-refractivity contribution in [3.8, 4) is 0 Å². The first-order valence-electron chi connectivity index (χ1n) is 15.0. The van der Waals surface area contributed by atoms with Gasteiger partial charge in [-0.2, -0.15) is 0 Å². The first kappa shape index (κ1) is 26.8. The number of fused-ring (bicyclic) bond motifs is 8. The molecule has 39 heavy (non-hydrogen) atoms. The minimum Gasteiger partial charge on any atom is -0.458 e. The second-order valence-corrected chi connectivity index (χ2v) is 14.0. The molecule has 9 nitrogen and oxygen atoms in total. The van der Waals surface area contributed by atoms with E-state index in [0.717, 1.165) is 50.5 Å². The van der Waals surface area contributed by atoms with Crippen LogP contribution in [-0.4, -0.2) is 89.6 Å². The van der Waals surface area contributed by atoms with Gasteiger partial charge in [0.15, 0.2) is 6.29 Å². The van der Waals surface area contributed by atoms with Gasteiger partial charge in [-0.15, -0.1) is 0 Å². The van der Waals surface area contributed by atoms with E-state index in [9.17, 15) is 20.1 Å². The van der Waals surface area contributed by atoms with Gasteiger partial charge in [0, 0.05) is 18.6 Å². The number of ether oxygens (including phenoxy) is 5. The maximum Gasteiger partial charge on any atom is 0.331 e. The SMILES string of the molecule is CO[C@@H]1[C@@H](O)[C@H](C)O[C@H](O[C@@H]2CC[C@@]3(C)[C@H](CC[C@@H]4[C@@H]3[C@@H]3O[C@@H]3[C@]3(C)[C@H](C5=CC(=O)OC5)CC[C@]43O)C2)[C@@H]1O. The van der Waals surface area contributed by atoms with Crippen LogP contribution in [0.5, 0.6) is 0 Å². The number of aliphatic hydroxyl groups is 3. The Balaban J connectivity index is 1.09. The van der Waals surface area contributed by atoms with Crippen molar-refractivity contribution in [2.75, 3.05) is 13.7 Å². The Morgan fingerprint density at radius 2 is 1.85 bits per heavy atom. The summed E-state index contributed by atoms with van der Waals surface area (Å²) in [5, 5.41) is 33.6. The van der Waals surface area contributed by atoms with Crippen LogP contribution in [0.3, 0.4) is 0 Å². The van der Waals surface area contributed by atoms with Crippen LogP contribution in [0.2, 0.25) is 0 Å². The van der Waals surface area contributed by atoms with Crippen molar-refractivity contribution in [1.82, 2.24) is 0 Å². The second kappa shape index (κ2) is 8.96. The topological polar surface area (TPSA) is 127 Å². The van der Waals surface area contributed by atoms with Gasteiger partial charge in [-0.05, 0) is 86.5 Å². The van der Waals surface area contributed by atoms with E-state index in [1.54, 1.807) is 13.0 Å².